The lowest BCUT2D eigenvalue weighted by Gasteiger charge is -2.19. The number of amides is 1. The summed E-state index contributed by atoms with van der Waals surface area (Å²) in [7, 11) is 1.59. The van der Waals surface area contributed by atoms with E-state index in [1.165, 1.54) is 6.07 Å². The Balaban J connectivity index is 2.23. The summed E-state index contributed by atoms with van der Waals surface area (Å²) < 4.78 is 13.9. The summed E-state index contributed by atoms with van der Waals surface area (Å²) in [6.45, 7) is 1.99. The van der Waals surface area contributed by atoms with E-state index in [0.717, 1.165) is 12.1 Å². The summed E-state index contributed by atoms with van der Waals surface area (Å²) in [6.07, 6.45) is 0.741. The van der Waals surface area contributed by atoms with Crippen LogP contribution in [0.3, 0.4) is 0 Å². The van der Waals surface area contributed by atoms with Crippen LogP contribution in [-0.4, -0.2) is 13.0 Å². The van der Waals surface area contributed by atoms with Gasteiger partial charge in [-0.3, -0.25) is 4.79 Å². The minimum Gasteiger partial charge on any atom is -0.378 e. The second kappa shape index (κ2) is 6.88. The zero-order valence-corrected chi connectivity index (χ0v) is 12.2. The topological polar surface area (TPSA) is 41.1 Å². The Morgan fingerprint density at radius 3 is 2.62 bits per heavy atom. The molecular formula is C17H19FN2O. The highest BCUT2D eigenvalue weighted by atomic mass is 19.1. The van der Waals surface area contributed by atoms with E-state index in [1.54, 1.807) is 37.4 Å². The van der Waals surface area contributed by atoms with Gasteiger partial charge in [0.2, 0.25) is 0 Å². The molecule has 0 spiro atoms. The maximum absolute atomic E-state index is 13.9. The lowest BCUT2D eigenvalue weighted by atomic mass is 10.0. The quantitative estimate of drug-likeness (QED) is 0.879. The highest BCUT2D eigenvalue weighted by Gasteiger charge is 2.14. The summed E-state index contributed by atoms with van der Waals surface area (Å²) in [5, 5.41) is 5.88. The van der Waals surface area contributed by atoms with E-state index < -0.39 is 0 Å². The molecule has 2 aromatic rings. The minimum absolute atomic E-state index is 0.133. The van der Waals surface area contributed by atoms with Gasteiger partial charge in [-0.25, -0.2) is 4.39 Å². The second-order valence-corrected chi connectivity index (χ2v) is 4.79. The van der Waals surface area contributed by atoms with Gasteiger partial charge in [0.15, 0.2) is 0 Å². The monoisotopic (exact) mass is 286 g/mol. The third-order valence-corrected chi connectivity index (χ3v) is 3.38. The van der Waals surface area contributed by atoms with Crippen LogP contribution in [0.15, 0.2) is 48.5 Å². The lowest BCUT2D eigenvalue weighted by molar-refractivity contribution is 0.0963. The van der Waals surface area contributed by atoms with Gasteiger partial charge in [-0.2, -0.15) is 0 Å². The summed E-state index contributed by atoms with van der Waals surface area (Å²) in [4.78, 5) is 11.6. The van der Waals surface area contributed by atoms with Crippen LogP contribution in [-0.2, 0) is 0 Å². The Hall–Kier alpha value is -2.36. The van der Waals surface area contributed by atoms with E-state index in [9.17, 15) is 9.18 Å². The van der Waals surface area contributed by atoms with Crippen molar-refractivity contribution >= 4 is 11.6 Å². The molecule has 0 heterocycles. The first-order valence-corrected chi connectivity index (χ1v) is 6.98. The molecule has 4 heteroatoms. The standard InChI is InChI=1S/C17H19FN2O/c1-3-16(14-9-4-5-10-15(14)18)20-13-8-6-7-12(11-13)17(21)19-2/h4-11,16,20H,3H2,1-2H3,(H,19,21). The minimum atomic E-state index is -0.223. The summed E-state index contributed by atoms with van der Waals surface area (Å²) in [6, 6.07) is 13.8. The number of hydrogen-bond acceptors (Lipinski definition) is 2. The van der Waals surface area contributed by atoms with Gasteiger partial charge in [0, 0.05) is 23.9 Å². The number of nitrogens with one attached hydrogen (secondary N) is 2. The molecule has 0 bridgehead atoms. The number of halogens is 1. The number of carbonyl (C=O) groups is 1. The second-order valence-electron chi connectivity index (χ2n) is 4.79. The van der Waals surface area contributed by atoms with Crippen LogP contribution >= 0.6 is 0 Å². The van der Waals surface area contributed by atoms with Crippen molar-refractivity contribution < 1.29 is 9.18 Å². The predicted octanol–water partition coefficient (Wildman–Crippen LogP) is 3.75. The normalized spacial score (nSPS) is 11.8. The van der Waals surface area contributed by atoms with E-state index in [4.69, 9.17) is 0 Å². The van der Waals surface area contributed by atoms with Crippen molar-refractivity contribution in [2.45, 2.75) is 19.4 Å². The fourth-order valence-electron chi connectivity index (χ4n) is 2.25. The number of carbonyl (C=O) groups excluding carboxylic acids is 1. The fraction of sp³-hybridized carbons (Fsp3) is 0.235. The van der Waals surface area contributed by atoms with Gasteiger partial charge < -0.3 is 10.6 Å². The largest absolute Gasteiger partial charge is 0.378 e. The van der Waals surface area contributed by atoms with Gasteiger partial charge >= 0.3 is 0 Å². The summed E-state index contributed by atoms with van der Waals surface area (Å²) in [5.41, 5.74) is 2.00. The molecule has 3 nitrogen and oxygen atoms in total. The molecule has 0 radical (unpaired) electrons. The van der Waals surface area contributed by atoms with E-state index >= 15 is 0 Å². The van der Waals surface area contributed by atoms with E-state index in [2.05, 4.69) is 10.6 Å². The van der Waals surface area contributed by atoms with Crippen LogP contribution in [0.4, 0.5) is 10.1 Å². The van der Waals surface area contributed by atoms with Gasteiger partial charge in [-0.1, -0.05) is 31.2 Å². The van der Waals surface area contributed by atoms with Crippen molar-refractivity contribution in [2.24, 2.45) is 0 Å². The number of benzene rings is 2. The van der Waals surface area contributed by atoms with Crippen molar-refractivity contribution in [3.05, 3.63) is 65.5 Å². The van der Waals surface area contributed by atoms with Crippen LogP contribution in [0.1, 0.15) is 35.3 Å². The van der Waals surface area contributed by atoms with Crippen LogP contribution in [0.5, 0.6) is 0 Å². The van der Waals surface area contributed by atoms with Crippen LogP contribution < -0.4 is 10.6 Å². The first-order valence-electron chi connectivity index (χ1n) is 6.98. The molecule has 0 saturated heterocycles. The lowest BCUT2D eigenvalue weighted by Crippen LogP contribution is -2.18. The van der Waals surface area contributed by atoms with Crippen molar-refractivity contribution in [1.29, 1.82) is 0 Å². The highest BCUT2D eigenvalue weighted by molar-refractivity contribution is 5.94. The molecule has 2 N–H and O–H groups in total. The Morgan fingerprint density at radius 1 is 1.19 bits per heavy atom. The maximum Gasteiger partial charge on any atom is 0.251 e. The van der Waals surface area contributed by atoms with Crippen molar-refractivity contribution in [2.75, 3.05) is 12.4 Å². The maximum atomic E-state index is 13.9. The molecule has 0 aromatic heterocycles. The van der Waals surface area contributed by atoms with Gasteiger partial charge in [0.1, 0.15) is 5.82 Å². The van der Waals surface area contributed by atoms with Crippen LogP contribution in [0.25, 0.3) is 0 Å². The van der Waals surface area contributed by atoms with Gasteiger partial charge in [0.25, 0.3) is 5.91 Å². The van der Waals surface area contributed by atoms with Gasteiger partial charge in [-0.15, -0.1) is 0 Å². The first kappa shape index (κ1) is 15.0. The molecule has 21 heavy (non-hydrogen) atoms. The molecule has 1 unspecified atom stereocenters. The Kier molecular flexibility index (Phi) is 4.93. The Bertz CT molecular complexity index is 628. The zero-order valence-electron chi connectivity index (χ0n) is 12.2. The van der Waals surface area contributed by atoms with Gasteiger partial charge in [0.05, 0.1) is 6.04 Å². The molecule has 1 atom stereocenters. The molecule has 2 aromatic carbocycles. The van der Waals surface area contributed by atoms with E-state index in [1.807, 2.05) is 19.1 Å². The molecule has 0 fully saturated rings. The fourth-order valence-corrected chi connectivity index (χ4v) is 2.25. The Morgan fingerprint density at radius 2 is 1.95 bits per heavy atom. The third kappa shape index (κ3) is 3.60. The first-order chi connectivity index (χ1) is 10.2. The van der Waals surface area contributed by atoms with Gasteiger partial charge in [-0.05, 0) is 30.7 Å². The van der Waals surface area contributed by atoms with Crippen molar-refractivity contribution in [3.63, 3.8) is 0 Å². The van der Waals surface area contributed by atoms with Crippen LogP contribution in [0.2, 0.25) is 0 Å². The smallest absolute Gasteiger partial charge is 0.251 e. The molecule has 0 saturated carbocycles. The molecule has 0 aliphatic rings. The number of anilines is 1. The van der Waals surface area contributed by atoms with E-state index in [0.29, 0.717) is 11.1 Å². The predicted molar refractivity (Wildman–Crippen MR) is 82.9 cm³/mol. The van der Waals surface area contributed by atoms with E-state index in [-0.39, 0.29) is 17.8 Å². The van der Waals surface area contributed by atoms with Crippen LogP contribution in [0, 0.1) is 5.82 Å². The molecule has 2 rings (SSSR count). The molecule has 110 valence electrons. The SMILES string of the molecule is CCC(Nc1cccc(C(=O)NC)c1)c1ccccc1F. The number of hydrogen-bond donors (Lipinski definition) is 2. The average molecular weight is 286 g/mol. The molecule has 0 aliphatic heterocycles. The number of rotatable bonds is 5. The highest BCUT2D eigenvalue weighted by Crippen LogP contribution is 2.25. The third-order valence-electron chi connectivity index (χ3n) is 3.38. The zero-order chi connectivity index (χ0) is 15.2. The Labute approximate surface area is 124 Å². The molecule has 0 aliphatic carbocycles. The average Bonchev–Trinajstić information content (AvgIpc) is 2.53. The summed E-state index contributed by atoms with van der Waals surface area (Å²) >= 11 is 0. The molecular weight excluding hydrogens is 267 g/mol. The molecule has 1 amide bonds. The van der Waals surface area contributed by atoms with Crippen molar-refractivity contribution in [3.8, 4) is 0 Å². The van der Waals surface area contributed by atoms with Crippen molar-refractivity contribution in [1.82, 2.24) is 5.32 Å². The summed E-state index contributed by atoms with van der Waals surface area (Å²) in [5.74, 6) is -0.364.